The summed E-state index contributed by atoms with van der Waals surface area (Å²) in [4.78, 5) is 21.0. The van der Waals surface area contributed by atoms with Crippen molar-refractivity contribution in [3.8, 4) is 11.1 Å². The summed E-state index contributed by atoms with van der Waals surface area (Å²) < 4.78 is 7.42. The van der Waals surface area contributed by atoms with Crippen molar-refractivity contribution >= 4 is 34.4 Å². The third-order valence-corrected chi connectivity index (χ3v) is 5.38. The van der Waals surface area contributed by atoms with Crippen molar-refractivity contribution in [1.82, 2.24) is 19.7 Å². The molecule has 4 aromatic rings. The van der Waals surface area contributed by atoms with E-state index in [2.05, 4.69) is 43.4 Å². The molecule has 1 aromatic carbocycles. The number of aromatic nitrogens is 4. The number of nitrogens with zero attached hydrogens (tertiary/aromatic N) is 4. The summed E-state index contributed by atoms with van der Waals surface area (Å²) in [5.74, 6) is 1.52. The molecule has 4 rings (SSSR count). The van der Waals surface area contributed by atoms with Crippen molar-refractivity contribution in [2.45, 2.75) is 52.5 Å². The van der Waals surface area contributed by atoms with Crippen LogP contribution in [0, 0.1) is 0 Å². The van der Waals surface area contributed by atoms with Gasteiger partial charge in [0.2, 0.25) is 0 Å². The number of urea groups is 1. The topological polar surface area (TPSA) is 124 Å². The molecule has 0 fully saturated rings. The highest BCUT2D eigenvalue weighted by Crippen LogP contribution is 2.33. The Morgan fingerprint density at radius 2 is 1.91 bits per heavy atom. The van der Waals surface area contributed by atoms with Crippen LogP contribution in [-0.4, -0.2) is 25.7 Å². The van der Waals surface area contributed by atoms with E-state index in [0.29, 0.717) is 23.1 Å². The van der Waals surface area contributed by atoms with Gasteiger partial charge in [0.25, 0.3) is 0 Å². The fourth-order valence-electron chi connectivity index (χ4n) is 3.56. The Morgan fingerprint density at radius 3 is 2.58 bits per heavy atom. The number of fused-ring (bicyclic) bond motifs is 1. The van der Waals surface area contributed by atoms with Crippen LogP contribution in [0.3, 0.4) is 0 Å². The van der Waals surface area contributed by atoms with Crippen molar-refractivity contribution in [2.75, 3.05) is 16.4 Å². The van der Waals surface area contributed by atoms with Gasteiger partial charge in [0.15, 0.2) is 5.82 Å². The summed E-state index contributed by atoms with van der Waals surface area (Å²) in [6.07, 6.45) is 5.70. The molecule has 0 saturated heterocycles. The minimum atomic E-state index is -0.398. The Morgan fingerprint density at radius 1 is 1.15 bits per heavy atom. The Kier molecular flexibility index (Phi) is 6.04. The molecule has 0 radical (unpaired) electrons. The molecule has 0 aliphatic rings. The lowest BCUT2D eigenvalue weighted by molar-refractivity contribution is 0.262. The monoisotopic (exact) mass is 447 g/mol. The maximum atomic E-state index is 12.4. The molecule has 0 aliphatic heterocycles. The Hall–Kier alpha value is -3.88. The van der Waals surface area contributed by atoms with Gasteiger partial charge in [0, 0.05) is 35.5 Å². The second kappa shape index (κ2) is 8.93. The number of carbonyl (C=O) groups excluding carboxylic acids is 1. The molecule has 0 aliphatic carbocycles. The van der Waals surface area contributed by atoms with Gasteiger partial charge in [-0.05, 0) is 24.1 Å². The first kappa shape index (κ1) is 22.3. The van der Waals surface area contributed by atoms with Crippen LogP contribution in [0.2, 0.25) is 0 Å². The highest BCUT2D eigenvalue weighted by molar-refractivity contribution is 6.02. The molecule has 33 heavy (non-hydrogen) atoms. The number of nitrogen functional groups attached to an aromatic ring is 1. The van der Waals surface area contributed by atoms with Gasteiger partial charge in [-0.2, -0.15) is 0 Å². The van der Waals surface area contributed by atoms with Crippen LogP contribution in [0.5, 0.6) is 0 Å². The van der Waals surface area contributed by atoms with Crippen LogP contribution >= 0.6 is 0 Å². The first-order valence-corrected chi connectivity index (χ1v) is 11.0. The summed E-state index contributed by atoms with van der Waals surface area (Å²) >= 11 is 0. The Bertz CT molecular complexity index is 1270. The third kappa shape index (κ3) is 4.82. The maximum absolute atomic E-state index is 12.4. The second-order valence-electron chi connectivity index (χ2n) is 9.03. The fourth-order valence-corrected chi connectivity index (χ4v) is 3.56. The smallest absolute Gasteiger partial charge is 0.324 e. The van der Waals surface area contributed by atoms with Gasteiger partial charge in [-0.3, -0.25) is 5.32 Å². The van der Waals surface area contributed by atoms with E-state index in [0.717, 1.165) is 41.5 Å². The number of aryl methyl sites for hydroxylation is 1. The molecule has 0 atom stereocenters. The summed E-state index contributed by atoms with van der Waals surface area (Å²) in [5, 5.41) is 10.3. The molecule has 0 spiro atoms. The van der Waals surface area contributed by atoms with E-state index in [-0.39, 0.29) is 5.41 Å². The summed E-state index contributed by atoms with van der Waals surface area (Å²) in [7, 11) is 0. The van der Waals surface area contributed by atoms with E-state index in [1.807, 2.05) is 45.0 Å². The average molecular weight is 448 g/mol. The van der Waals surface area contributed by atoms with Gasteiger partial charge < -0.3 is 20.1 Å². The third-order valence-electron chi connectivity index (χ3n) is 5.38. The quantitative estimate of drug-likeness (QED) is 0.363. The largest absolute Gasteiger partial charge is 0.383 e. The summed E-state index contributed by atoms with van der Waals surface area (Å²) in [5.41, 5.74) is 9.41. The number of unbranched alkanes of at least 4 members (excludes halogenated alkanes) is 1. The van der Waals surface area contributed by atoms with Crippen molar-refractivity contribution in [3.05, 3.63) is 48.6 Å². The van der Waals surface area contributed by atoms with Crippen molar-refractivity contribution in [3.63, 3.8) is 0 Å². The molecular formula is C24H29N7O2. The lowest BCUT2D eigenvalue weighted by atomic mass is 9.93. The number of benzene rings is 1. The number of nitrogens with one attached hydrogen (secondary N) is 2. The SMILES string of the molecule is CCCCn1cc(-c2ccc(NC(=O)Nc3cc(C(C)(C)C)on3)cc2)c2c(N)ncnc21. The molecule has 4 N–H and O–H groups in total. The van der Waals surface area contributed by atoms with Crippen molar-refractivity contribution in [2.24, 2.45) is 0 Å². The number of hydrogen-bond donors (Lipinski definition) is 3. The zero-order valence-electron chi connectivity index (χ0n) is 19.3. The number of anilines is 3. The van der Waals surface area contributed by atoms with Crippen LogP contribution in [0.1, 0.15) is 46.3 Å². The predicted molar refractivity (Wildman–Crippen MR) is 130 cm³/mol. The van der Waals surface area contributed by atoms with Crippen molar-refractivity contribution < 1.29 is 9.32 Å². The molecule has 2 amide bonds. The zero-order chi connectivity index (χ0) is 23.6. The van der Waals surface area contributed by atoms with Gasteiger partial charge in [0.1, 0.15) is 23.6 Å². The summed E-state index contributed by atoms with van der Waals surface area (Å²) in [6, 6.07) is 8.89. The summed E-state index contributed by atoms with van der Waals surface area (Å²) in [6.45, 7) is 9.06. The molecule has 0 saturated carbocycles. The van der Waals surface area contributed by atoms with Gasteiger partial charge >= 0.3 is 6.03 Å². The molecule has 0 bridgehead atoms. The van der Waals surface area contributed by atoms with Crippen LogP contribution in [0.4, 0.5) is 22.1 Å². The van der Waals surface area contributed by atoms with Gasteiger partial charge in [-0.15, -0.1) is 0 Å². The number of amides is 2. The van der Waals surface area contributed by atoms with Gasteiger partial charge in [-0.1, -0.05) is 51.4 Å². The highest BCUT2D eigenvalue weighted by atomic mass is 16.5. The van der Waals surface area contributed by atoms with E-state index < -0.39 is 6.03 Å². The van der Waals surface area contributed by atoms with E-state index >= 15 is 0 Å². The van der Waals surface area contributed by atoms with Crippen LogP contribution < -0.4 is 16.4 Å². The minimum Gasteiger partial charge on any atom is -0.383 e. The lowest BCUT2D eigenvalue weighted by Crippen LogP contribution is -2.19. The standard InChI is InChI=1S/C24H29N7O2/c1-5-6-11-31-13-17(20-21(25)26-14-27-22(20)31)15-7-9-16(10-8-15)28-23(32)29-19-12-18(33-30-19)24(2,3)4/h7-10,12-14H,5-6,11H2,1-4H3,(H2,25,26,27)(H2,28,29,30,32). The molecule has 3 heterocycles. The van der Waals surface area contributed by atoms with E-state index in [9.17, 15) is 4.79 Å². The predicted octanol–water partition coefficient (Wildman–Crippen LogP) is 5.41. The molecule has 9 nitrogen and oxygen atoms in total. The van der Waals surface area contributed by atoms with Crippen LogP contribution in [0.15, 0.2) is 47.4 Å². The van der Waals surface area contributed by atoms with Gasteiger partial charge in [-0.25, -0.2) is 14.8 Å². The van der Waals surface area contributed by atoms with Crippen molar-refractivity contribution in [1.29, 1.82) is 0 Å². The normalized spacial score (nSPS) is 11.6. The van der Waals surface area contributed by atoms with E-state index in [1.54, 1.807) is 6.07 Å². The minimum absolute atomic E-state index is 0.187. The van der Waals surface area contributed by atoms with Gasteiger partial charge in [0.05, 0.1) is 5.39 Å². The Balaban J connectivity index is 1.51. The maximum Gasteiger partial charge on any atom is 0.324 e. The number of hydrogen-bond acceptors (Lipinski definition) is 6. The molecule has 0 unspecified atom stereocenters. The zero-order valence-corrected chi connectivity index (χ0v) is 19.3. The molecule has 3 aromatic heterocycles. The average Bonchev–Trinajstić information content (AvgIpc) is 3.38. The van der Waals surface area contributed by atoms with E-state index in [1.165, 1.54) is 6.33 Å². The number of nitrogens with two attached hydrogens (primary N) is 1. The molecule has 9 heteroatoms. The van der Waals surface area contributed by atoms with E-state index in [4.69, 9.17) is 10.3 Å². The first-order valence-electron chi connectivity index (χ1n) is 11.0. The molecule has 172 valence electrons. The second-order valence-corrected chi connectivity index (χ2v) is 9.03. The fraction of sp³-hybridized carbons (Fsp3) is 0.333. The number of carbonyl (C=O) groups is 1. The lowest BCUT2D eigenvalue weighted by Gasteiger charge is -2.12. The Labute approximate surface area is 192 Å². The van der Waals surface area contributed by atoms with Crippen LogP contribution in [-0.2, 0) is 12.0 Å². The highest BCUT2D eigenvalue weighted by Gasteiger charge is 2.20. The number of rotatable bonds is 6. The molecular weight excluding hydrogens is 418 g/mol. The first-order chi connectivity index (χ1) is 15.8. The van der Waals surface area contributed by atoms with Crippen LogP contribution in [0.25, 0.3) is 22.2 Å².